The van der Waals surface area contributed by atoms with Crippen LogP contribution in [0.5, 0.6) is 0 Å². The van der Waals surface area contributed by atoms with Crippen LogP contribution in [0.15, 0.2) is 18.2 Å². The molecule has 0 heteroatoms. The van der Waals surface area contributed by atoms with Gasteiger partial charge < -0.3 is 0 Å². The van der Waals surface area contributed by atoms with Crippen LogP contribution in [0.3, 0.4) is 0 Å². The Morgan fingerprint density at radius 3 is 2.77 bits per heavy atom. The van der Waals surface area contributed by atoms with E-state index in [1.54, 1.807) is 11.1 Å². The van der Waals surface area contributed by atoms with Crippen LogP contribution in [-0.4, -0.2) is 0 Å². The maximum absolute atomic E-state index is 2.37. The second kappa shape index (κ2) is 3.17. The molecule has 70 valence electrons. The molecule has 2 rings (SSSR count). The summed E-state index contributed by atoms with van der Waals surface area (Å²) in [7, 11) is 0. The van der Waals surface area contributed by atoms with E-state index in [0.29, 0.717) is 0 Å². The number of hydrogen-bond donors (Lipinski definition) is 0. The molecule has 0 radical (unpaired) electrons. The van der Waals surface area contributed by atoms with Gasteiger partial charge in [0, 0.05) is 0 Å². The highest BCUT2D eigenvalue weighted by Gasteiger charge is 2.22. The zero-order valence-corrected chi connectivity index (χ0v) is 8.80. The number of aryl methyl sites for hydroxylation is 2. The Bertz CT molecular complexity index is 312. The molecule has 0 fully saturated rings. The number of rotatable bonds is 0. The fraction of sp³-hybridized carbons (Fsp3) is 0.538. The lowest BCUT2D eigenvalue weighted by Crippen LogP contribution is -2.15. The summed E-state index contributed by atoms with van der Waals surface area (Å²) in [6, 6.07) is 6.93. The fourth-order valence-electron chi connectivity index (χ4n) is 2.33. The average Bonchev–Trinajstić information content (AvgIpc) is 2.12. The molecule has 13 heavy (non-hydrogen) atoms. The Morgan fingerprint density at radius 2 is 2.00 bits per heavy atom. The molecule has 0 aliphatic heterocycles. The van der Waals surface area contributed by atoms with Crippen molar-refractivity contribution in [3.63, 3.8) is 0 Å². The molecule has 2 unspecified atom stereocenters. The van der Waals surface area contributed by atoms with Crippen molar-refractivity contribution in [2.75, 3.05) is 0 Å². The van der Waals surface area contributed by atoms with E-state index >= 15 is 0 Å². The van der Waals surface area contributed by atoms with Gasteiger partial charge in [0.15, 0.2) is 0 Å². The van der Waals surface area contributed by atoms with Crippen LogP contribution < -0.4 is 0 Å². The lowest BCUT2D eigenvalue weighted by molar-refractivity contribution is 0.426. The highest BCUT2D eigenvalue weighted by atomic mass is 14.3. The average molecular weight is 174 g/mol. The Balaban J connectivity index is 2.44. The van der Waals surface area contributed by atoms with E-state index in [2.05, 4.69) is 39.0 Å². The normalized spacial score (nSPS) is 27.0. The van der Waals surface area contributed by atoms with Gasteiger partial charge in [-0.05, 0) is 42.7 Å². The summed E-state index contributed by atoms with van der Waals surface area (Å²) >= 11 is 0. The smallest absolute Gasteiger partial charge is 0.0162 e. The molecule has 1 aliphatic carbocycles. The third kappa shape index (κ3) is 1.50. The summed E-state index contributed by atoms with van der Waals surface area (Å²) in [5, 5.41) is 0. The van der Waals surface area contributed by atoms with E-state index < -0.39 is 0 Å². The lowest BCUT2D eigenvalue weighted by Gasteiger charge is -2.28. The predicted molar refractivity (Wildman–Crippen MR) is 57.1 cm³/mol. The number of benzene rings is 1. The Kier molecular flexibility index (Phi) is 2.15. The van der Waals surface area contributed by atoms with E-state index in [-0.39, 0.29) is 0 Å². The number of fused-ring (bicyclic) bond motifs is 1. The van der Waals surface area contributed by atoms with Crippen LogP contribution in [0.4, 0.5) is 0 Å². The summed E-state index contributed by atoms with van der Waals surface area (Å²) in [6.45, 7) is 6.91. The van der Waals surface area contributed by atoms with E-state index in [1.807, 2.05) is 0 Å². The van der Waals surface area contributed by atoms with E-state index in [1.165, 1.54) is 18.4 Å². The van der Waals surface area contributed by atoms with Gasteiger partial charge in [-0.15, -0.1) is 0 Å². The Labute approximate surface area is 81.0 Å². The first-order valence-corrected chi connectivity index (χ1v) is 5.28. The molecule has 0 amide bonds. The summed E-state index contributed by atoms with van der Waals surface area (Å²) in [5.41, 5.74) is 4.58. The molecule has 1 aliphatic rings. The van der Waals surface area contributed by atoms with Crippen LogP contribution in [0.2, 0.25) is 0 Å². The molecule has 0 spiro atoms. The fourth-order valence-corrected chi connectivity index (χ4v) is 2.33. The SMILES string of the molecule is Cc1ccc2c(c1)CCC(C)C2C. The third-order valence-electron chi connectivity index (χ3n) is 3.51. The maximum atomic E-state index is 2.37. The summed E-state index contributed by atoms with van der Waals surface area (Å²) in [4.78, 5) is 0. The minimum atomic E-state index is 0.754. The minimum Gasteiger partial charge on any atom is -0.0619 e. The minimum absolute atomic E-state index is 0.754. The maximum Gasteiger partial charge on any atom is -0.0162 e. The monoisotopic (exact) mass is 174 g/mol. The lowest BCUT2D eigenvalue weighted by atomic mass is 9.77. The topological polar surface area (TPSA) is 0 Å². The predicted octanol–water partition coefficient (Wildman–Crippen LogP) is 3.68. The third-order valence-corrected chi connectivity index (χ3v) is 3.51. The van der Waals surface area contributed by atoms with Crippen molar-refractivity contribution in [1.82, 2.24) is 0 Å². The molecule has 0 aromatic heterocycles. The summed E-state index contributed by atoms with van der Waals surface area (Å²) in [5.74, 6) is 1.61. The molecule has 1 aromatic rings. The van der Waals surface area contributed by atoms with Crippen molar-refractivity contribution in [2.45, 2.75) is 39.5 Å². The zero-order valence-electron chi connectivity index (χ0n) is 8.80. The summed E-state index contributed by atoms with van der Waals surface area (Å²) in [6.07, 6.45) is 2.64. The molecule has 2 atom stereocenters. The van der Waals surface area contributed by atoms with Crippen molar-refractivity contribution in [3.8, 4) is 0 Å². The second-order valence-corrected chi connectivity index (χ2v) is 4.51. The van der Waals surface area contributed by atoms with Gasteiger partial charge >= 0.3 is 0 Å². The molecule has 0 N–H and O–H groups in total. The Morgan fingerprint density at radius 1 is 1.23 bits per heavy atom. The van der Waals surface area contributed by atoms with Crippen molar-refractivity contribution >= 4 is 0 Å². The molecule has 1 aromatic carbocycles. The van der Waals surface area contributed by atoms with Crippen LogP contribution in [0.25, 0.3) is 0 Å². The van der Waals surface area contributed by atoms with Gasteiger partial charge in [-0.3, -0.25) is 0 Å². The van der Waals surface area contributed by atoms with Crippen molar-refractivity contribution in [1.29, 1.82) is 0 Å². The first-order valence-electron chi connectivity index (χ1n) is 5.28. The molecule has 0 saturated heterocycles. The van der Waals surface area contributed by atoms with Crippen molar-refractivity contribution < 1.29 is 0 Å². The Hall–Kier alpha value is -0.780. The van der Waals surface area contributed by atoms with Crippen LogP contribution in [0, 0.1) is 12.8 Å². The van der Waals surface area contributed by atoms with Gasteiger partial charge in [0.1, 0.15) is 0 Å². The highest BCUT2D eigenvalue weighted by Crippen LogP contribution is 2.35. The quantitative estimate of drug-likeness (QED) is 0.563. The molecule has 0 nitrogen and oxygen atoms in total. The van der Waals surface area contributed by atoms with Gasteiger partial charge in [0.05, 0.1) is 0 Å². The van der Waals surface area contributed by atoms with Gasteiger partial charge in [-0.2, -0.15) is 0 Å². The van der Waals surface area contributed by atoms with E-state index in [0.717, 1.165) is 11.8 Å². The first kappa shape index (κ1) is 8.80. The molecule has 0 heterocycles. The first-order chi connectivity index (χ1) is 6.18. The van der Waals surface area contributed by atoms with Gasteiger partial charge in [0.25, 0.3) is 0 Å². The van der Waals surface area contributed by atoms with Crippen molar-refractivity contribution in [3.05, 3.63) is 34.9 Å². The second-order valence-electron chi connectivity index (χ2n) is 4.51. The van der Waals surface area contributed by atoms with Gasteiger partial charge in [0.2, 0.25) is 0 Å². The van der Waals surface area contributed by atoms with Crippen molar-refractivity contribution in [2.24, 2.45) is 5.92 Å². The molecular formula is C13H18. The van der Waals surface area contributed by atoms with Crippen LogP contribution >= 0.6 is 0 Å². The van der Waals surface area contributed by atoms with E-state index in [4.69, 9.17) is 0 Å². The van der Waals surface area contributed by atoms with Crippen LogP contribution in [-0.2, 0) is 6.42 Å². The van der Waals surface area contributed by atoms with Gasteiger partial charge in [-0.1, -0.05) is 37.6 Å². The molecular weight excluding hydrogens is 156 g/mol. The number of hydrogen-bond acceptors (Lipinski definition) is 0. The van der Waals surface area contributed by atoms with Gasteiger partial charge in [-0.25, -0.2) is 0 Å². The zero-order chi connectivity index (χ0) is 9.42. The summed E-state index contributed by atoms with van der Waals surface area (Å²) < 4.78 is 0. The largest absolute Gasteiger partial charge is 0.0619 e. The standard InChI is InChI=1S/C13H18/c1-9-4-7-13-11(3)10(2)5-6-12(13)8-9/h4,7-8,10-11H,5-6H2,1-3H3. The molecule has 0 bridgehead atoms. The molecule has 0 saturated carbocycles. The highest BCUT2D eigenvalue weighted by molar-refractivity contribution is 5.36. The van der Waals surface area contributed by atoms with Crippen LogP contribution in [0.1, 0.15) is 42.9 Å². The van der Waals surface area contributed by atoms with E-state index in [9.17, 15) is 0 Å².